The van der Waals surface area contributed by atoms with Gasteiger partial charge in [-0.25, -0.2) is 0 Å². The number of aryl methyl sites for hydroxylation is 2. The minimum Gasteiger partial charge on any atom is -0.309 e. The second-order valence-electron chi connectivity index (χ2n) is 4.78. The third kappa shape index (κ3) is 3.34. The highest BCUT2D eigenvalue weighted by atomic mass is 15.3. The third-order valence-corrected chi connectivity index (χ3v) is 2.84. The van der Waals surface area contributed by atoms with Crippen LogP contribution in [-0.4, -0.2) is 16.3 Å². The first-order valence-electron chi connectivity index (χ1n) is 6.34. The van der Waals surface area contributed by atoms with Crippen LogP contribution in [0.4, 0.5) is 0 Å². The van der Waals surface area contributed by atoms with Crippen molar-refractivity contribution in [3.63, 3.8) is 0 Å². The van der Waals surface area contributed by atoms with E-state index in [1.807, 2.05) is 11.7 Å². The van der Waals surface area contributed by atoms with Crippen LogP contribution in [0.1, 0.15) is 51.5 Å². The molecule has 3 heteroatoms. The highest BCUT2D eigenvalue weighted by Gasteiger charge is 2.16. The smallest absolute Gasteiger partial charge is 0.0625 e. The van der Waals surface area contributed by atoms with Crippen LogP contribution in [0.2, 0.25) is 0 Å². The van der Waals surface area contributed by atoms with Crippen molar-refractivity contribution in [2.24, 2.45) is 13.0 Å². The van der Waals surface area contributed by atoms with E-state index in [0.717, 1.165) is 19.4 Å². The molecule has 0 aromatic carbocycles. The van der Waals surface area contributed by atoms with E-state index in [4.69, 9.17) is 0 Å². The van der Waals surface area contributed by atoms with Crippen molar-refractivity contribution in [3.8, 4) is 0 Å². The van der Waals surface area contributed by atoms with Gasteiger partial charge in [0.25, 0.3) is 0 Å². The fraction of sp³-hybridized carbons (Fsp3) is 0.769. The number of hydrogen-bond acceptors (Lipinski definition) is 2. The minimum absolute atomic E-state index is 0.433. The Labute approximate surface area is 99.2 Å². The zero-order valence-corrected chi connectivity index (χ0v) is 11.2. The van der Waals surface area contributed by atoms with Crippen molar-refractivity contribution in [1.82, 2.24) is 15.1 Å². The molecule has 0 radical (unpaired) electrons. The first kappa shape index (κ1) is 13.2. The molecule has 0 aliphatic rings. The van der Waals surface area contributed by atoms with Crippen molar-refractivity contribution in [2.45, 2.75) is 46.6 Å². The van der Waals surface area contributed by atoms with Gasteiger partial charge in [0, 0.05) is 13.1 Å². The van der Waals surface area contributed by atoms with E-state index in [0.29, 0.717) is 12.0 Å². The van der Waals surface area contributed by atoms with E-state index < -0.39 is 0 Å². The molecule has 0 saturated carbocycles. The molecule has 0 aliphatic heterocycles. The van der Waals surface area contributed by atoms with E-state index in [-0.39, 0.29) is 0 Å². The second kappa shape index (κ2) is 6.04. The molecule has 3 nitrogen and oxygen atoms in total. The van der Waals surface area contributed by atoms with Crippen molar-refractivity contribution < 1.29 is 0 Å². The number of rotatable bonds is 6. The summed E-state index contributed by atoms with van der Waals surface area (Å²) in [6, 6.07) is 2.66. The van der Waals surface area contributed by atoms with Gasteiger partial charge in [-0.05, 0) is 31.4 Å². The summed E-state index contributed by atoms with van der Waals surface area (Å²) in [5.41, 5.74) is 2.50. The van der Waals surface area contributed by atoms with Crippen LogP contribution in [0.25, 0.3) is 0 Å². The van der Waals surface area contributed by atoms with Crippen LogP contribution in [0.5, 0.6) is 0 Å². The van der Waals surface area contributed by atoms with Crippen LogP contribution < -0.4 is 5.32 Å². The van der Waals surface area contributed by atoms with Crippen LogP contribution in [0.3, 0.4) is 0 Å². The molecule has 92 valence electrons. The predicted molar refractivity (Wildman–Crippen MR) is 68.5 cm³/mol. The largest absolute Gasteiger partial charge is 0.309 e. The topological polar surface area (TPSA) is 29.9 Å². The Morgan fingerprint density at radius 3 is 2.50 bits per heavy atom. The Balaban J connectivity index is 2.86. The zero-order valence-electron chi connectivity index (χ0n) is 11.2. The summed E-state index contributed by atoms with van der Waals surface area (Å²) in [6.45, 7) is 9.84. The normalized spacial score (nSPS) is 13.4. The highest BCUT2D eigenvalue weighted by Crippen LogP contribution is 2.21. The fourth-order valence-electron chi connectivity index (χ4n) is 2.07. The van der Waals surface area contributed by atoms with Gasteiger partial charge in [-0.15, -0.1) is 0 Å². The lowest BCUT2D eigenvalue weighted by Crippen LogP contribution is -2.24. The number of nitrogens with zero attached hydrogens (tertiary/aromatic N) is 2. The molecule has 1 unspecified atom stereocenters. The molecule has 1 rings (SSSR count). The molecule has 0 saturated heterocycles. The molecule has 0 spiro atoms. The van der Waals surface area contributed by atoms with Crippen molar-refractivity contribution in [2.75, 3.05) is 6.54 Å². The average Bonchev–Trinajstić information content (AvgIpc) is 2.58. The summed E-state index contributed by atoms with van der Waals surface area (Å²) in [4.78, 5) is 0. The maximum Gasteiger partial charge on any atom is 0.0625 e. The quantitative estimate of drug-likeness (QED) is 0.803. The summed E-state index contributed by atoms with van der Waals surface area (Å²) in [5, 5.41) is 8.06. The molecule has 1 aromatic heterocycles. The fourth-order valence-corrected chi connectivity index (χ4v) is 2.07. The van der Waals surface area contributed by atoms with E-state index in [9.17, 15) is 0 Å². The molecular weight excluding hydrogens is 198 g/mol. The van der Waals surface area contributed by atoms with Gasteiger partial charge in [-0.3, -0.25) is 4.68 Å². The minimum atomic E-state index is 0.433. The molecular formula is C13H25N3. The second-order valence-corrected chi connectivity index (χ2v) is 4.78. The average molecular weight is 223 g/mol. The molecule has 0 bridgehead atoms. The predicted octanol–water partition coefficient (Wildman–Crippen LogP) is 2.68. The summed E-state index contributed by atoms with van der Waals surface area (Å²) in [7, 11) is 2.04. The van der Waals surface area contributed by atoms with Crippen LogP contribution in [0, 0.1) is 5.92 Å². The Kier molecular flexibility index (Phi) is 5.00. The molecule has 1 heterocycles. The Hall–Kier alpha value is -0.830. The molecule has 1 N–H and O–H groups in total. The van der Waals surface area contributed by atoms with Gasteiger partial charge in [-0.2, -0.15) is 5.10 Å². The van der Waals surface area contributed by atoms with Gasteiger partial charge >= 0.3 is 0 Å². The molecule has 16 heavy (non-hydrogen) atoms. The molecule has 0 fully saturated rings. The first-order valence-corrected chi connectivity index (χ1v) is 6.34. The number of nitrogens with one attached hydrogen (secondary N) is 1. The first-order chi connectivity index (χ1) is 7.58. The lowest BCUT2D eigenvalue weighted by Gasteiger charge is -2.20. The monoisotopic (exact) mass is 223 g/mol. The Bertz CT molecular complexity index is 315. The maximum absolute atomic E-state index is 4.52. The van der Waals surface area contributed by atoms with Gasteiger partial charge in [0.05, 0.1) is 11.4 Å². The maximum atomic E-state index is 4.52. The van der Waals surface area contributed by atoms with E-state index in [1.54, 1.807) is 0 Å². The van der Waals surface area contributed by atoms with Crippen LogP contribution in [0.15, 0.2) is 6.07 Å². The molecule has 1 atom stereocenters. The van der Waals surface area contributed by atoms with E-state index in [2.05, 4.69) is 44.2 Å². The Morgan fingerprint density at radius 1 is 1.38 bits per heavy atom. The SMILES string of the molecule is CCNC(CC(C)C)c1cc(CC)nn1C. The Morgan fingerprint density at radius 2 is 2.06 bits per heavy atom. The molecule has 0 amide bonds. The summed E-state index contributed by atoms with van der Waals surface area (Å²) in [6.07, 6.45) is 2.17. The van der Waals surface area contributed by atoms with Gasteiger partial charge in [0.15, 0.2) is 0 Å². The van der Waals surface area contributed by atoms with Gasteiger partial charge < -0.3 is 5.32 Å². The molecule has 1 aromatic rings. The van der Waals surface area contributed by atoms with Crippen molar-refractivity contribution in [3.05, 3.63) is 17.5 Å². The summed E-state index contributed by atoms with van der Waals surface area (Å²) < 4.78 is 2.02. The van der Waals surface area contributed by atoms with E-state index in [1.165, 1.54) is 11.4 Å². The van der Waals surface area contributed by atoms with Crippen LogP contribution >= 0.6 is 0 Å². The lowest BCUT2D eigenvalue weighted by atomic mass is 10.0. The van der Waals surface area contributed by atoms with Crippen molar-refractivity contribution in [1.29, 1.82) is 0 Å². The summed E-state index contributed by atoms with van der Waals surface area (Å²) >= 11 is 0. The number of aromatic nitrogens is 2. The van der Waals surface area contributed by atoms with Gasteiger partial charge in [-0.1, -0.05) is 27.7 Å². The zero-order chi connectivity index (χ0) is 12.1. The van der Waals surface area contributed by atoms with Crippen molar-refractivity contribution >= 4 is 0 Å². The lowest BCUT2D eigenvalue weighted by molar-refractivity contribution is 0.417. The van der Waals surface area contributed by atoms with Crippen LogP contribution in [-0.2, 0) is 13.5 Å². The van der Waals surface area contributed by atoms with E-state index >= 15 is 0 Å². The summed E-state index contributed by atoms with van der Waals surface area (Å²) in [5.74, 6) is 0.698. The highest BCUT2D eigenvalue weighted by molar-refractivity contribution is 5.14. The van der Waals surface area contributed by atoms with Gasteiger partial charge in [0.2, 0.25) is 0 Å². The third-order valence-electron chi connectivity index (χ3n) is 2.84. The van der Waals surface area contributed by atoms with Gasteiger partial charge in [0.1, 0.15) is 0 Å². The molecule has 0 aliphatic carbocycles. The standard InChI is InChI=1S/C13H25N3/c1-6-11-9-13(16(5)15-11)12(14-7-2)8-10(3)4/h9-10,12,14H,6-8H2,1-5H3. The number of hydrogen-bond donors (Lipinski definition) is 1.